The molecule has 0 saturated heterocycles. The van der Waals surface area contributed by atoms with Gasteiger partial charge in [-0.25, -0.2) is 19.2 Å². The summed E-state index contributed by atoms with van der Waals surface area (Å²) in [7, 11) is 1.60. The van der Waals surface area contributed by atoms with Gasteiger partial charge in [0, 0.05) is 40.1 Å². The summed E-state index contributed by atoms with van der Waals surface area (Å²) in [6.07, 6.45) is 3.50. The fourth-order valence-corrected chi connectivity index (χ4v) is 4.11. The van der Waals surface area contributed by atoms with Crippen LogP contribution in [0, 0.1) is 6.92 Å². The molecule has 1 amide bonds. The van der Waals surface area contributed by atoms with E-state index < -0.39 is 0 Å². The molecular formula is C24H21N7O2S. The molecule has 1 N–H and O–H groups in total. The van der Waals surface area contributed by atoms with Crippen molar-refractivity contribution in [1.29, 1.82) is 0 Å². The normalized spacial score (nSPS) is 11.1. The largest absolute Gasteiger partial charge is 0.326 e. The Kier molecular flexibility index (Phi) is 6.07. The highest BCUT2D eigenvalue weighted by molar-refractivity contribution is 7.94. The van der Waals surface area contributed by atoms with Crippen LogP contribution in [0.2, 0.25) is 0 Å². The maximum absolute atomic E-state index is 12.8. The van der Waals surface area contributed by atoms with Crippen LogP contribution < -0.4 is 5.32 Å². The highest BCUT2D eigenvalue weighted by Gasteiger charge is 2.16. The van der Waals surface area contributed by atoms with E-state index in [0.29, 0.717) is 17.2 Å². The maximum Gasteiger partial charge on any atom is 0.230 e. The number of anilines is 1. The Morgan fingerprint density at radius 3 is 2.85 bits per heavy atom. The topological polar surface area (TPSA) is 99.2 Å². The molecule has 0 spiro atoms. The predicted molar refractivity (Wildman–Crippen MR) is 130 cm³/mol. The molecule has 0 radical (unpaired) electrons. The Hall–Kier alpha value is -4.02. The predicted octanol–water partition coefficient (Wildman–Crippen LogP) is 4.12. The van der Waals surface area contributed by atoms with E-state index >= 15 is 0 Å². The van der Waals surface area contributed by atoms with Crippen molar-refractivity contribution in [2.75, 3.05) is 12.4 Å². The Balaban J connectivity index is 1.46. The molecule has 10 heteroatoms. The quantitative estimate of drug-likeness (QED) is 0.357. The monoisotopic (exact) mass is 471 g/mol. The van der Waals surface area contributed by atoms with Crippen LogP contribution >= 0.6 is 12.0 Å². The Morgan fingerprint density at radius 2 is 2.00 bits per heavy atom. The third-order valence-electron chi connectivity index (χ3n) is 5.06. The SMILES string of the molecule is COSc1cccc(NC(=O)Cc2cc(-c3ccc4ncnn4c3)n(-c3cccc(C)n3)n2)c1. The van der Waals surface area contributed by atoms with Crippen molar-refractivity contribution in [3.63, 3.8) is 0 Å². The molecule has 34 heavy (non-hydrogen) atoms. The van der Waals surface area contributed by atoms with E-state index in [4.69, 9.17) is 9.28 Å². The number of aryl methyl sites for hydroxylation is 1. The first-order valence-corrected chi connectivity index (χ1v) is 11.3. The molecule has 5 rings (SSSR count). The number of hydrogen-bond donors (Lipinski definition) is 1. The van der Waals surface area contributed by atoms with Gasteiger partial charge in [-0.15, -0.1) is 0 Å². The molecular weight excluding hydrogens is 450 g/mol. The van der Waals surface area contributed by atoms with E-state index in [0.717, 1.165) is 27.5 Å². The first-order valence-electron chi connectivity index (χ1n) is 10.5. The summed E-state index contributed by atoms with van der Waals surface area (Å²) in [4.78, 5) is 22.5. The molecule has 0 fully saturated rings. The van der Waals surface area contributed by atoms with Crippen LogP contribution in [0.25, 0.3) is 22.7 Å². The molecule has 0 atom stereocenters. The third-order valence-corrected chi connectivity index (χ3v) is 5.67. The number of nitrogens with one attached hydrogen (secondary N) is 1. The van der Waals surface area contributed by atoms with E-state index in [1.807, 2.05) is 73.8 Å². The lowest BCUT2D eigenvalue weighted by Gasteiger charge is -2.07. The number of amides is 1. The smallest absolute Gasteiger partial charge is 0.230 e. The summed E-state index contributed by atoms with van der Waals surface area (Å²) in [5.41, 5.74) is 4.62. The Bertz CT molecular complexity index is 1480. The van der Waals surface area contributed by atoms with Gasteiger partial charge in [0.05, 0.1) is 24.9 Å². The molecule has 0 saturated carbocycles. The van der Waals surface area contributed by atoms with Crippen LogP contribution in [0.4, 0.5) is 5.69 Å². The van der Waals surface area contributed by atoms with Crippen molar-refractivity contribution >= 4 is 29.3 Å². The molecule has 0 unspecified atom stereocenters. The number of carbonyl (C=O) groups excluding carboxylic acids is 1. The van der Waals surface area contributed by atoms with Crippen molar-refractivity contribution in [2.45, 2.75) is 18.2 Å². The lowest BCUT2D eigenvalue weighted by molar-refractivity contribution is -0.115. The van der Waals surface area contributed by atoms with Crippen LogP contribution in [-0.4, -0.2) is 42.4 Å². The fraction of sp³-hybridized carbons (Fsp3) is 0.125. The number of pyridine rings is 2. The van der Waals surface area contributed by atoms with Gasteiger partial charge in [-0.2, -0.15) is 10.2 Å². The van der Waals surface area contributed by atoms with Crippen LogP contribution in [0.15, 0.2) is 78.1 Å². The lowest BCUT2D eigenvalue weighted by Crippen LogP contribution is -2.15. The fourth-order valence-electron chi connectivity index (χ4n) is 3.60. The zero-order valence-electron chi connectivity index (χ0n) is 18.5. The molecule has 0 aliphatic carbocycles. The number of aromatic nitrogens is 6. The van der Waals surface area contributed by atoms with Crippen molar-refractivity contribution in [2.24, 2.45) is 0 Å². The summed E-state index contributed by atoms with van der Waals surface area (Å²) in [5.74, 6) is 0.504. The minimum Gasteiger partial charge on any atom is -0.326 e. The number of benzene rings is 1. The summed E-state index contributed by atoms with van der Waals surface area (Å²) in [6.45, 7) is 1.93. The van der Waals surface area contributed by atoms with Crippen LogP contribution in [0.3, 0.4) is 0 Å². The van der Waals surface area contributed by atoms with Gasteiger partial charge in [-0.3, -0.25) is 4.79 Å². The standard InChI is InChI=1S/C24H21N7O2S/c1-16-5-3-8-23(27-16)31-21(17-9-10-22-25-15-26-30(22)14-17)12-19(29-31)13-24(32)28-18-6-4-7-20(11-18)34-33-2/h3-12,14-15H,13H2,1-2H3,(H,28,32). The molecule has 1 aromatic carbocycles. The van der Waals surface area contributed by atoms with Gasteiger partial charge in [-0.05, 0) is 55.5 Å². The van der Waals surface area contributed by atoms with E-state index in [1.165, 1.54) is 18.4 Å². The van der Waals surface area contributed by atoms with Gasteiger partial charge in [0.1, 0.15) is 6.33 Å². The second kappa shape index (κ2) is 9.46. The zero-order chi connectivity index (χ0) is 23.5. The summed E-state index contributed by atoms with van der Waals surface area (Å²) >= 11 is 1.24. The average molecular weight is 472 g/mol. The second-order valence-corrected chi connectivity index (χ2v) is 8.52. The van der Waals surface area contributed by atoms with Gasteiger partial charge < -0.3 is 9.50 Å². The minimum atomic E-state index is -0.167. The number of rotatable bonds is 7. The first-order chi connectivity index (χ1) is 16.6. The van der Waals surface area contributed by atoms with Crippen molar-refractivity contribution in [3.05, 3.63) is 84.6 Å². The Labute approximate surface area is 200 Å². The zero-order valence-corrected chi connectivity index (χ0v) is 19.4. The number of hydrogen-bond acceptors (Lipinski definition) is 7. The van der Waals surface area contributed by atoms with Gasteiger partial charge in [0.15, 0.2) is 11.5 Å². The van der Waals surface area contributed by atoms with E-state index in [9.17, 15) is 4.79 Å². The summed E-state index contributed by atoms with van der Waals surface area (Å²) < 4.78 is 8.54. The van der Waals surface area contributed by atoms with Crippen LogP contribution in [0.5, 0.6) is 0 Å². The van der Waals surface area contributed by atoms with Crippen LogP contribution in [0.1, 0.15) is 11.4 Å². The van der Waals surface area contributed by atoms with Gasteiger partial charge in [0.2, 0.25) is 5.91 Å². The summed E-state index contributed by atoms with van der Waals surface area (Å²) in [5, 5.41) is 11.9. The molecule has 0 aliphatic rings. The third kappa shape index (κ3) is 4.68. The Morgan fingerprint density at radius 1 is 1.12 bits per heavy atom. The number of fused-ring (bicyclic) bond motifs is 1. The second-order valence-electron chi connectivity index (χ2n) is 7.55. The molecule has 4 heterocycles. The van der Waals surface area contributed by atoms with Gasteiger partial charge >= 0.3 is 0 Å². The van der Waals surface area contributed by atoms with E-state index in [1.54, 1.807) is 16.3 Å². The molecule has 0 bridgehead atoms. The first kappa shape index (κ1) is 21.8. The molecule has 9 nitrogen and oxygen atoms in total. The minimum absolute atomic E-state index is 0.110. The lowest BCUT2D eigenvalue weighted by atomic mass is 10.1. The molecule has 4 aromatic heterocycles. The van der Waals surface area contributed by atoms with E-state index in [-0.39, 0.29) is 12.3 Å². The number of carbonyl (C=O) groups is 1. The highest BCUT2D eigenvalue weighted by Crippen LogP contribution is 2.25. The van der Waals surface area contributed by atoms with Crippen LogP contribution in [-0.2, 0) is 15.4 Å². The highest BCUT2D eigenvalue weighted by atomic mass is 32.2. The summed E-state index contributed by atoms with van der Waals surface area (Å²) in [6, 6.07) is 19.0. The van der Waals surface area contributed by atoms with E-state index in [2.05, 4.69) is 20.4 Å². The van der Waals surface area contributed by atoms with Gasteiger partial charge in [0.25, 0.3) is 0 Å². The van der Waals surface area contributed by atoms with Crippen molar-refractivity contribution in [3.8, 4) is 17.1 Å². The molecule has 0 aliphatic heterocycles. The van der Waals surface area contributed by atoms with Crippen molar-refractivity contribution < 1.29 is 8.98 Å². The maximum atomic E-state index is 12.8. The average Bonchev–Trinajstić information content (AvgIpc) is 3.46. The molecule has 5 aromatic rings. The number of nitrogens with zero attached hydrogens (tertiary/aromatic N) is 6. The molecule has 170 valence electrons. The van der Waals surface area contributed by atoms with Gasteiger partial charge in [-0.1, -0.05) is 12.1 Å². The van der Waals surface area contributed by atoms with Crippen molar-refractivity contribution in [1.82, 2.24) is 29.4 Å².